The summed E-state index contributed by atoms with van der Waals surface area (Å²) < 4.78 is 5.24. The lowest BCUT2D eigenvalue weighted by Crippen LogP contribution is -2.12. The summed E-state index contributed by atoms with van der Waals surface area (Å²) in [6.07, 6.45) is 1.80. The van der Waals surface area contributed by atoms with E-state index in [-0.39, 0.29) is 5.91 Å². The van der Waals surface area contributed by atoms with Gasteiger partial charge in [-0.05, 0) is 67.8 Å². The van der Waals surface area contributed by atoms with Gasteiger partial charge in [-0.25, -0.2) is 9.97 Å². The number of aryl methyl sites for hydroxylation is 2. The largest absolute Gasteiger partial charge is 0.324 e. The van der Waals surface area contributed by atoms with Gasteiger partial charge in [0, 0.05) is 39.9 Å². The van der Waals surface area contributed by atoms with Crippen molar-refractivity contribution in [3.63, 3.8) is 0 Å². The van der Waals surface area contributed by atoms with Crippen molar-refractivity contribution in [2.75, 3.05) is 10.6 Å². The van der Waals surface area contributed by atoms with Crippen LogP contribution in [0.15, 0.2) is 54.7 Å². The molecule has 4 rings (SSSR count). The molecular weight excluding hydrogens is 358 g/mol. The zero-order valence-electron chi connectivity index (χ0n) is 14.9. The minimum Gasteiger partial charge on any atom is -0.324 e. The molecule has 134 valence electrons. The molecule has 7 heteroatoms. The lowest BCUT2D eigenvalue weighted by molar-refractivity contribution is 0.102. The molecule has 0 unspecified atom stereocenters. The zero-order chi connectivity index (χ0) is 18.8. The average Bonchev–Trinajstić information content (AvgIpc) is 3.09. The molecule has 0 saturated heterocycles. The smallest absolute Gasteiger partial charge is 0.255 e. The highest BCUT2D eigenvalue weighted by Crippen LogP contribution is 2.23. The molecule has 2 aromatic carbocycles. The van der Waals surface area contributed by atoms with E-state index >= 15 is 0 Å². The van der Waals surface area contributed by atoms with Crippen LogP contribution in [0.3, 0.4) is 0 Å². The van der Waals surface area contributed by atoms with Crippen LogP contribution in [0.5, 0.6) is 0 Å². The molecule has 0 aliphatic heterocycles. The fraction of sp³-hybridized carbons (Fsp3) is 0.100. The molecule has 4 aromatic rings. The summed E-state index contributed by atoms with van der Waals surface area (Å²) in [5.74, 6) is 0.336. The molecule has 0 fully saturated rings. The minimum absolute atomic E-state index is 0.178. The first-order valence-electron chi connectivity index (χ1n) is 8.42. The molecule has 0 aliphatic carbocycles. The van der Waals surface area contributed by atoms with Gasteiger partial charge in [-0.3, -0.25) is 4.79 Å². The van der Waals surface area contributed by atoms with Crippen molar-refractivity contribution < 1.29 is 4.79 Å². The summed E-state index contributed by atoms with van der Waals surface area (Å²) in [5, 5.41) is 7.10. The van der Waals surface area contributed by atoms with E-state index in [2.05, 4.69) is 25.0 Å². The Morgan fingerprint density at radius 3 is 2.59 bits per heavy atom. The monoisotopic (exact) mass is 375 g/mol. The molecule has 0 radical (unpaired) electrons. The molecule has 27 heavy (non-hydrogen) atoms. The van der Waals surface area contributed by atoms with Crippen LogP contribution < -0.4 is 10.6 Å². The fourth-order valence-corrected chi connectivity index (χ4v) is 3.43. The van der Waals surface area contributed by atoms with E-state index in [1.165, 1.54) is 11.5 Å². The van der Waals surface area contributed by atoms with Crippen LogP contribution in [0, 0.1) is 13.8 Å². The molecule has 6 nitrogen and oxygen atoms in total. The Morgan fingerprint density at radius 1 is 0.963 bits per heavy atom. The van der Waals surface area contributed by atoms with E-state index in [4.69, 9.17) is 0 Å². The fourth-order valence-electron chi connectivity index (χ4n) is 2.80. The summed E-state index contributed by atoms with van der Waals surface area (Å²) in [4.78, 5) is 21.4. The van der Waals surface area contributed by atoms with Crippen LogP contribution in [0.4, 0.5) is 17.3 Å². The number of carbonyl (C=O) groups excluding carboxylic acids is 1. The van der Waals surface area contributed by atoms with Crippen LogP contribution >= 0.6 is 11.5 Å². The number of amides is 1. The molecule has 1 amide bonds. The van der Waals surface area contributed by atoms with Gasteiger partial charge in [0.2, 0.25) is 5.95 Å². The van der Waals surface area contributed by atoms with Gasteiger partial charge in [-0.1, -0.05) is 6.07 Å². The second-order valence-corrected chi connectivity index (χ2v) is 7.05. The quantitative estimate of drug-likeness (QED) is 0.540. The third-order valence-corrected chi connectivity index (χ3v) is 4.75. The van der Waals surface area contributed by atoms with Crippen LogP contribution in [0.25, 0.3) is 10.1 Å². The number of fused-ring (bicyclic) bond motifs is 1. The highest BCUT2D eigenvalue weighted by molar-refractivity contribution is 7.13. The van der Waals surface area contributed by atoms with Crippen molar-refractivity contribution >= 4 is 44.8 Å². The Balaban J connectivity index is 1.53. The molecule has 0 saturated carbocycles. The van der Waals surface area contributed by atoms with Crippen molar-refractivity contribution in [1.82, 2.24) is 14.3 Å². The predicted molar refractivity (Wildman–Crippen MR) is 109 cm³/mol. The first kappa shape index (κ1) is 17.1. The molecule has 2 heterocycles. The van der Waals surface area contributed by atoms with E-state index in [0.717, 1.165) is 32.8 Å². The van der Waals surface area contributed by atoms with Crippen LogP contribution in [-0.4, -0.2) is 20.2 Å². The van der Waals surface area contributed by atoms with Gasteiger partial charge in [-0.15, -0.1) is 0 Å². The van der Waals surface area contributed by atoms with E-state index < -0.39 is 0 Å². The number of nitrogens with one attached hydrogen (secondary N) is 2. The number of benzene rings is 2. The third kappa shape index (κ3) is 3.93. The Hall–Kier alpha value is -3.32. The summed E-state index contributed by atoms with van der Waals surface area (Å²) >= 11 is 1.43. The number of carbonyl (C=O) groups is 1. The molecular formula is C20H17N5OS. The van der Waals surface area contributed by atoms with Crippen molar-refractivity contribution in [1.29, 1.82) is 0 Å². The van der Waals surface area contributed by atoms with E-state index in [1.807, 2.05) is 50.2 Å². The van der Waals surface area contributed by atoms with Gasteiger partial charge in [0.05, 0.1) is 4.70 Å². The molecule has 0 spiro atoms. The Labute approximate surface area is 160 Å². The van der Waals surface area contributed by atoms with Gasteiger partial charge in [-0.2, -0.15) is 4.37 Å². The molecule has 2 aromatic heterocycles. The summed E-state index contributed by atoms with van der Waals surface area (Å²) in [5.41, 5.74) is 3.82. The maximum Gasteiger partial charge on any atom is 0.255 e. The Kier molecular flexibility index (Phi) is 4.52. The number of aromatic nitrogens is 3. The van der Waals surface area contributed by atoms with Crippen LogP contribution in [-0.2, 0) is 0 Å². The van der Waals surface area contributed by atoms with E-state index in [9.17, 15) is 4.79 Å². The van der Waals surface area contributed by atoms with Gasteiger partial charge in [0.15, 0.2) is 0 Å². The first-order valence-corrected chi connectivity index (χ1v) is 9.19. The van der Waals surface area contributed by atoms with Gasteiger partial charge in [0.25, 0.3) is 5.91 Å². The summed E-state index contributed by atoms with van der Waals surface area (Å²) in [6, 6.07) is 14.9. The average molecular weight is 375 g/mol. The lowest BCUT2D eigenvalue weighted by atomic mass is 10.1. The van der Waals surface area contributed by atoms with E-state index in [1.54, 1.807) is 18.3 Å². The van der Waals surface area contributed by atoms with Gasteiger partial charge < -0.3 is 10.6 Å². The third-order valence-electron chi connectivity index (χ3n) is 3.97. The maximum absolute atomic E-state index is 12.6. The van der Waals surface area contributed by atoms with Crippen molar-refractivity contribution in [2.45, 2.75) is 13.8 Å². The van der Waals surface area contributed by atoms with Crippen molar-refractivity contribution in [3.05, 3.63) is 71.7 Å². The molecule has 0 atom stereocenters. The van der Waals surface area contributed by atoms with Crippen LogP contribution in [0.2, 0.25) is 0 Å². The zero-order valence-corrected chi connectivity index (χ0v) is 15.7. The first-order chi connectivity index (χ1) is 13.1. The highest BCUT2D eigenvalue weighted by Gasteiger charge is 2.09. The van der Waals surface area contributed by atoms with Crippen molar-refractivity contribution in [2.24, 2.45) is 0 Å². The van der Waals surface area contributed by atoms with Crippen molar-refractivity contribution in [3.8, 4) is 0 Å². The second-order valence-electron chi connectivity index (χ2n) is 6.21. The minimum atomic E-state index is -0.178. The predicted octanol–water partition coefficient (Wildman–Crippen LogP) is 4.70. The summed E-state index contributed by atoms with van der Waals surface area (Å²) in [6.45, 7) is 3.84. The molecule has 2 N–H and O–H groups in total. The lowest BCUT2D eigenvalue weighted by Gasteiger charge is -2.09. The van der Waals surface area contributed by atoms with E-state index in [0.29, 0.717) is 11.5 Å². The number of anilines is 3. The van der Waals surface area contributed by atoms with Gasteiger partial charge >= 0.3 is 0 Å². The topological polar surface area (TPSA) is 79.8 Å². The van der Waals surface area contributed by atoms with Gasteiger partial charge in [0.1, 0.15) is 0 Å². The SMILES string of the molecule is Cc1cc(C)nc(Nc2cccc(C(=O)Nc3ccc4sncc4c3)c2)n1. The second kappa shape index (κ2) is 7.13. The normalized spacial score (nSPS) is 10.7. The molecule has 0 aliphatic rings. The number of rotatable bonds is 4. The van der Waals surface area contributed by atoms with Crippen LogP contribution in [0.1, 0.15) is 21.7 Å². The molecule has 0 bridgehead atoms. The Bertz CT molecular complexity index is 1120. The summed E-state index contributed by atoms with van der Waals surface area (Å²) in [7, 11) is 0. The number of nitrogens with zero attached hydrogens (tertiary/aromatic N) is 3. The highest BCUT2D eigenvalue weighted by atomic mass is 32.1. The Morgan fingerprint density at radius 2 is 1.78 bits per heavy atom. The number of hydrogen-bond donors (Lipinski definition) is 2. The maximum atomic E-state index is 12.6. The number of hydrogen-bond acceptors (Lipinski definition) is 6. The standard InChI is InChI=1S/C20H17N5OS/c1-12-8-13(2)23-20(22-12)25-16-5-3-4-14(9-16)19(26)24-17-6-7-18-15(10-17)11-21-27-18/h3-11H,1-2H3,(H,24,26)(H,22,23,25).